The first-order valence-electron chi connectivity index (χ1n) is 5.88. The molecule has 5 nitrogen and oxygen atoms in total. The second-order valence-corrected chi connectivity index (χ2v) is 4.95. The van der Waals surface area contributed by atoms with Gasteiger partial charge in [0.15, 0.2) is 0 Å². The van der Waals surface area contributed by atoms with E-state index in [1.54, 1.807) is 6.07 Å². The van der Waals surface area contributed by atoms with Crippen LogP contribution in [0, 0.1) is 0 Å². The first-order chi connectivity index (χ1) is 8.08. The minimum atomic E-state index is -1.10. The number of aliphatic hydroxyl groups is 1. The Kier molecular flexibility index (Phi) is 2.27. The maximum Gasteiger partial charge on any atom is 0.371 e. The zero-order chi connectivity index (χ0) is 12.0. The summed E-state index contributed by atoms with van der Waals surface area (Å²) in [5.41, 5.74) is -1.02. The molecule has 5 heteroatoms. The number of furan rings is 1. The fourth-order valence-corrected chi connectivity index (χ4v) is 2.48. The van der Waals surface area contributed by atoms with E-state index in [1.165, 1.54) is 18.9 Å². The van der Waals surface area contributed by atoms with E-state index in [9.17, 15) is 9.90 Å². The molecule has 1 saturated heterocycles. The molecule has 1 aromatic rings. The Hall–Kier alpha value is -1.33. The summed E-state index contributed by atoms with van der Waals surface area (Å²) in [4.78, 5) is 13.0. The van der Waals surface area contributed by atoms with E-state index in [4.69, 9.17) is 9.52 Å². The van der Waals surface area contributed by atoms with Crippen LogP contribution in [0.4, 0.5) is 0 Å². The van der Waals surface area contributed by atoms with Gasteiger partial charge in [0.2, 0.25) is 5.76 Å². The molecule has 2 fully saturated rings. The Morgan fingerprint density at radius 3 is 2.82 bits per heavy atom. The van der Waals surface area contributed by atoms with Crippen LogP contribution < -0.4 is 0 Å². The molecule has 1 saturated carbocycles. The quantitative estimate of drug-likeness (QED) is 0.821. The highest BCUT2D eigenvalue weighted by molar-refractivity contribution is 5.84. The summed E-state index contributed by atoms with van der Waals surface area (Å²) < 4.78 is 5.20. The maximum atomic E-state index is 10.7. The van der Waals surface area contributed by atoms with Gasteiger partial charge in [-0.1, -0.05) is 0 Å². The normalized spacial score (nSPS) is 29.7. The predicted molar refractivity (Wildman–Crippen MR) is 58.8 cm³/mol. The molecule has 2 aliphatic rings. The van der Waals surface area contributed by atoms with Gasteiger partial charge in [0.05, 0.1) is 0 Å². The van der Waals surface area contributed by atoms with Crippen LogP contribution in [0.25, 0.3) is 0 Å². The van der Waals surface area contributed by atoms with E-state index in [0.717, 1.165) is 6.54 Å². The molecular weight excluding hydrogens is 222 g/mol. The molecule has 92 valence electrons. The third-order valence-electron chi connectivity index (χ3n) is 3.62. The first-order valence-corrected chi connectivity index (χ1v) is 5.88. The van der Waals surface area contributed by atoms with Crippen molar-refractivity contribution in [1.29, 1.82) is 0 Å². The Morgan fingerprint density at radius 1 is 1.47 bits per heavy atom. The van der Waals surface area contributed by atoms with E-state index in [1.807, 2.05) is 0 Å². The SMILES string of the molecule is O=C(O)c1ccc(C2(O)CCN(C3CC3)C2)o1. The van der Waals surface area contributed by atoms with Crippen LogP contribution in [-0.4, -0.2) is 40.2 Å². The lowest BCUT2D eigenvalue weighted by Crippen LogP contribution is -2.31. The van der Waals surface area contributed by atoms with Gasteiger partial charge in [0.25, 0.3) is 0 Å². The predicted octanol–water partition coefficient (Wildman–Crippen LogP) is 1.03. The Morgan fingerprint density at radius 2 is 2.24 bits per heavy atom. The number of hydrogen-bond donors (Lipinski definition) is 2. The molecular formula is C12H15NO4. The largest absolute Gasteiger partial charge is 0.475 e. The van der Waals surface area contributed by atoms with Crippen molar-refractivity contribution in [2.24, 2.45) is 0 Å². The van der Waals surface area contributed by atoms with Gasteiger partial charge in [-0.25, -0.2) is 4.79 Å². The fraction of sp³-hybridized carbons (Fsp3) is 0.583. The van der Waals surface area contributed by atoms with Gasteiger partial charge in [-0.05, 0) is 31.4 Å². The van der Waals surface area contributed by atoms with E-state index in [0.29, 0.717) is 24.8 Å². The van der Waals surface area contributed by atoms with Crippen molar-refractivity contribution in [2.45, 2.75) is 30.9 Å². The van der Waals surface area contributed by atoms with Gasteiger partial charge in [0.1, 0.15) is 11.4 Å². The summed E-state index contributed by atoms with van der Waals surface area (Å²) in [7, 11) is 0. The summed E-state index contributed by atoms with van der Waals surface area (Å²) in [5.74, 6) is -0.840. The highest BCUT2D eigenvalue weighted by Crippen LogP contribution is 2.38. The van der Waals surface area contributed by atoms with Crippen LogP contribution >= 0.6 is 0 Å². The number of likely N-dealkylation sites (tertiary alicyclic amines) is 1. The number of carboxylic acid groups (broad SMARTS) is 1. The maximum absolute atomic E-state index is 10.7. The molecule has 1 unspecified atom stereocenters. The first kappa shape index (κ1) is 10.8. The molecule has 0 aromatic carbocycles. The van der Waals surface area contributed by atoms with Crippen molar-refractivity contribution in [1.82, 2.24) is 4.90 Å². The van der Waals surface area contributed by atoms with Crippen LogP contribution in [-0.2, 0) is 5.60 Å². The monoisotopic (exact) mass is 237 g/mol. The molecule has 0 bridgehead atoms. The zero-order valence-corrected chi connectivity index (χ0v) is 9.43. The van der Waals surface area contributed by atoms with E-state index >= 15 is 0 Å². The molecule has 1 atom stereocenters. The second-order valence-electron chi connectivity index (χ2n) is 4.95. The van der Waals surface area contributed by atoms with Crippen molar-refractivity contribution < 1.29 is 19.4 Å². The zero-order valence-electron chi connectivity index (χ0n) is 9.43. The highest BCUT2D eigenvalue weighted by Gasteiger charge is 2.45. The number of rotatable bonds is 3. The summed E-state index contributed by atoms with van der Waals surface area (Å²) in [6.45, 7) is 1.40. The molecule has 1 aliphatic heterocycles. The minimum Gasteiger partial charge on any atom is -0.475 e. The minimum absolute atomic E-state index is 0.113. The van der Waals surface area contributed by atoms with Crippen molar-refractivity contribution in [3.05, 3.63) is 23.7 Å². The number of aromatic carboxylic acids is 1. The lowest BCUT2D eigenvalue weighted by atomic mass is 10.0. The van der Waals surface area contributed by atoms with Gasteiger partial charge in [-0.15, -0.1) is 0 Å². The third kappa shape index (κ3) is 1.85. The van der Waals surface area contributed by atoms with Gasteiger partial charge >= 0.3 is 5.97 Å². The van der Waals surface area contributed by atoms with Gasteiger partial charge in [0, 0.05) is 19.1 Å². The van der Waals surface area contributed by atoms with Crippen molar-refractivity contribution in [3.8, 4) is 0 Å². The lowest BCUT2D eigenvalue weighted by Gasteiger charge is -2.21. The smallest absolute Gasteiger partial charge is 0.371 e. The molecule has 0 radical (unpaired) electrons. The van der Waals surface area contributed by atoms with Crippen molar-refractivity contribution in [2.75, 3.05) is 13.1 Å². The van der Waals surface area contributed by atoms with Crippen molar-refractivity contribution in [3.63, 3.8) is 0 Å². The molecule has 1 aromatic heterocycles. The second kappa shape index (κ2) is 3.58. The Bertz CT molecular complexity index is 451. The van der Waals surface area contributed by atoms with Crippen LogP contribution in [0.15, 0.2) is 16.5 Å². The van der Waals surface area contributed by atoms with E-state index in [-0.39, 0.29) is 5.76 Å². The van der Waals surface area contributed by atoms with Crippen LogP contribution in [0.1, 0.15) is 35.6 Å². The van der Waals surface area contributed by atoms with Crippen LogP contribution in [0.3, 0.4) is 0 Å². The Labute approximate surface area is 98.6 Å². The number of β-amino-alcohol motifs (C(OH)–C–C–N with tert-alkyl or cyclic N) is 1. The van der Waals surface area contributed by atoms with Gasteiger partial charge in [-0.2, -0.15) is 0 Å². The fourth-order valence-electron chi connectivity index (χ4n) is 2.48. The van der Waals surface area contributed by atoms with Crippen LogP contribution in [0.5, 0.6) is 0 Å². The van der Waals surface area contributed by atoms with Crippen LogP contribution in [0.2, 0.25) is 0 Å². The third-order valence-corrected chi connectivity index (χ3v) is 3.62. The van der Waals surface area contributed by atoms with Gasteiger partial charge < -0.3 is 14.6 Å². The summed E-state index contributed by atoms with van der Waals surface area (Å²) in [6.07, 6.45) is 3.01. The summed E-state index contributed by atoms with van der Waals surface area (Å²) in [5, 5.41) is 19.3. The number of hydrogen-bond acceptors (Lipinski definition) is 4. The molecule has 0 spiro atoms. The molecule has 3 rings (SSSR count). The average molecular weight is 237 g/mol. The number of nitrogens with zero attached hydrogens (tertiary/aromatic N) is 1. The Balaban J connectivity index is 1.79. The summed E-state index contributed by atoms with van der Waals surface area (Å²) in [6, 6.07) is 3.58. The molecule has 1 aliphatic carbocycles. The molecule has 0 amide bonds. The van der Waals surface area contributed by atoms with E-state index in [2.05, 4.69) is 4.90 Å². The lowest BCUT2D eigenvalue weighted by molar-refractivity contribution is 0.0215. The molecule has 2 N–H and O–H groups in total. The average Bonchev–Trinajstić information content (AvgIpc) is 2.87. The standard InChI is InChI=1S/C12H15NO4/c14-11(15)9-3-4-10(17-9)12(16)5-6-13(7-12)8-1-2-8/h3-4,8,16H,1-2,5-7H2,(H,14,15). The number of carboxylic acids is 1. The van der Waals surface area contributed by atoms with E-state index < -0.39 is 11.6 Å². The van der Waals surface area contributed by atoms with Gasteiger partial charge in [-0.3, -0.25) is 4.90 Å². The van der Waals surface area contributed by atoms with Crippen molar-refractivity contribution >= 4 is 5.97 Å². The topological polar surface area (TPSA) is 73.9 Å². The molecule has 17 heavy (non-hydrogen) atoms. The summed E-state index contributed by atoms with van der Waals surface area (Å²) >= 11 is 0. The molecule has 2 heterocycles. The highest BCUT2D eigenvalue weighted by atomic mass is 16.4. The number of carbonyl (C=O) groups is 1.